The molecule has 27 heavy (non-hydrogen) atoms. The summed E-state index contributed by atoms with van der Waals surface area (Å²) in [5.74, 6) is -0.0523. The number of rotatable bonds is 4. The highest BCUT2D eigenvalue weighted by Crippen LogP contribution is 2.37. The van der Waals surface area contributed by atoms with Gasteiger partial charge < -0.3 is 19.7 Å². The molecule has 2 aromatic rings. The number of benzene rings is 2. The summed E-state index contributed by atoms with van der Waals surface area (Å²) in [7, 11) is 1.49. The van der Waals surface area contributed by atoms with Crippen LogP contribution in [-0.2, 0) is 16.2 Å². The van der Waals surface area contributed by atoms with Crippen LogP contribution in [0.25, 0.3) is 0 Å². The molecule has 1 N–H and O–H groups in total. The molecule has 7 nitrogen and oxygen atoms in total. The summed E-state index contributed by atoms with van der Waals surface area (Å²) in [6, 6.07) is 12.0. The average molecular weight is 366 g/mol. The van der Waals surface area contributed by atoms with E-state index in [0.717, 1.165) is 5.56 Å². The van der Waals surface area contributed by atoms with E-state index < -0.39 is 6.04 Å². The van der Waals surface area contributed by atoms with Crippen molar-refractivity contribution in [1.29, 1.82) is 0 Å². The molecule has 7 heteroatoms. The maximum Gasteiger partial charge on any atom is 0.257 e. The van der Waals surface area contributed by atoms with E-state index in [0.29, 0.717) is 23.8 Å². The summed E-state index contributed by atoms with van der Waals surface area (Å²) in [6.45, 7) is 0.270. The summed E-state index contributed by atoms with van der Waals surface area (Å²) < 4.78 is 11.2. The molecule has 0 unspecified atom stereocenters. The van der Waals surface area contributed by atoms with Crippen molar-refractivity contribution >= 4 is 23.3 Å². The largest absolute Gasteiger partial charge is 0.493 e. The molecule has 0 aliphatic carbocycles. The number of methoxy groups -OCH3 is 1. The highest BCUT2D eigenvalue weighted by atomic mass is 16.5. The number of Topliss-reactive ketones (excluding diaryl/α,β-unsaturated/α-hetero) is 1. The number of hydrogen-bond donors (Lipinski definition) is 1. The fraction of sp³-hybridized carbons (Fsp3) is 0.250. The van der Waals surface area contributed by atoms with E-state index >= 15 is 0 Å². The standard InChI is InChI=1S/C20H18N2O5/c1-26-17-8-14-15(9-18(17)27-11-12-5-3-2-4-6-12)21-19(24)16-7-13(23)10-22(16)20(14)25/h2-6,8-9,16H,7,10-11H2,1H3,(H,21,24)/t16-/m0/s1. The molecular weight excluding hydrogens is 348 g/mol. The molecule has 0 aromatic heterocycles. The molecule has 138 valence electrons. The Morgan fingerprint density at radius 3 is 2.63 bits per heavy atom. The molecule has 1 fully saturated rings. The van der Waals surface area contributed by atoms with Gasteiger partial charge in [0, 0.05) is 12.5 Å². The molecule has 2 aliphatic heterocycles. The molecule has 0 bridgehead atoms. The minimum Gasteiger partial charge on any atom is -0.493 e. The predicted octanol–water partition coefficient (Wildman–Crippen LogP) is 2.01. The maximum atomic E-state index is 12.9. The first kappa shape index (κ1) is 17.1. The highest BCUT2D eigenvalue weighted by Gasteiger charge is 2.42. The van der Waals surface area contributed by atoms with Crippen LogP contribution in [0, 0.1) is 0 Å². The van der Waals surface area contributed by atoms with Gasteiger partial charge in [0.25, 0.3) is 5.91 Å². The van der Waals surface area contributed by atoms with E-state index in [2.05, 4.69) is 5.32 Å². The number of ether oxygens (including phenoxy) is 2. The number of hydrogen-bond acceptors (Lipinski definition) is 5. The van der Waals surface area contributed by atoms with Gasteiger partial charge in [0.2, 0.25) is 5.91 Å². The number of fused-ring (bicyclic) bond motifs is 2. The molecule has 0 spiro atoms. The van der Waals surface area contributed by atoms with Crippen LogP contribution in [0.3, 0.4) is 0 Å². The Kier molecular flexibility index (Phi) is 4.27. The number of carbonyl (C=O) groups is 3. The molecule has 2 heterocycles. The fourth-order valence-corrected chi connectivity index (χ4v) is 3.36. The SMILES string of the molecule is COc1cc2c(cc1OCc1ccccc1)NC(=O)[C@@H]1CC(=O)CN1C2=O. The van der Waals surface area contributed by atoms with Crippen LogP contribution in [0.1, 0.15) is 22.3 Å². The molecule has 2 aromatic carbocycles. The zero-order chi connectivity index (χ0) is 19.0. The Labute approximate surface area is 155 Å². The van der Waals surface area contributed by atoms with Gasteiger partial charge in [-0.05, 0) is 11.6 Å². The lowest BCUT2D eigenvalue weighted by molar-refractivity contribution is -0.121. The maximum absolute atomic E-state index is 12.9. The zero-order valence-corrected chi connectivity index (χ0v) is 14.7. The Hall–Kier alpha value is -3.35. The number of anilines is 1. The molecule has 0 saturated carbocycles. The van der Waals surface area contributed by atoms with Gasteiger partial charge in [-0.2, -0.15) is 0 Å². The van der Waals surface area contributed by atoms with Crippen LogP contribution >= 0.6 is 0 Å². The van der Waals surface area contributed by atoms with Crippen molar-refractivity contribution in [2.75, 3.05) is 19.0 Å². The third-order valence-electron chi connectivity index (χ3n) is 4.74. The first-order valence-corrected chi connectivity index (χ1v) is 8.59. The van der Waals surface area contributed by atoms with E-state index in [1.165, 1.54) is 12.0 Å². The third-order valence-corrected chi connectivity index (χ3v) is 4.74. The number of nitrogens with zero attached hydrogens (tertiary/aromatic N) is 1. The van der Waals surface area contributed by atoms with Crippen LogP contribution in [0.5, 0.6) is 11.5 Å². The molecular formula is C20H18N2O5. The minimum atomic E-state index is -0.767. The van der Waals surface area contributed by atoms with Gasteiger partial charge >= 0.3 is 0 Å². The monoisotopic (exact) mass is 366 g/mol. The van der Waals surface area contributed by atoms with Crippen LogP contribution < -0.4 is 14.8 Å². The fourth-order valence-electron chi connectivity index (χ4n) is 3.36. The number of carbonyl (C=O) groups excluding carboxylic acids is 3. The Bertz CT molecular complexity index is 925. The summed E-state index contributed by atoms with van der Waals surface area (Å²) in [5.41, 5.74) is 1.62. The number of ketones is 1. The second kappa shape index (κ2) is 6.75. The van der Waals surface area contributed by atoms with Crippen LogP contribution in [0.15, 0.2) is 42.5 Å². The van der Waals surface area contributed by atoms with Gasteiger partial charge in [-0.1, -0.05) is 30.3 Å². The van der Waals surface area contributed by atoms with Crippen LogP contribution in [-0.4, -0.2) is 42.2 Å². The van der Waals surface area contributed by atoms with E-state index in [1.54, 1.807) is 12.1 Å². The molecule has 1 saturated heterocycles. The van der Waals surface area contributed by atoms with Gasteiger partial charge in [0.1, 0.15) is 12.6 Å². The van der Waals surface area contributed by atoms with E-state index in [9.17, 15) is 14.4 Å². The second-order valence-electron chi connectivity index (χ2n) is 6.50. The summed E-state index contributed by atoms with van der Waals surface area (Å²) >= 11 is 0. The predicted molar refractivity (Wildman–Crippen MR) is 96.8 cm³/mol. The quantitative estimate of drug-likeness (QED) is 0.895. The Morgan fingerprint density at radius 2 is 1.89 bits per heavy atom. The lowest BCUT2D eigenvalue weighted by Gasteiger charge is -2.19. The first-order chi connectivity index (χ1) is 13.1. The van der Waals surface area contributed by atoms with Crippen molar-refractivity contribution in [3.63, 3.8) is 0 Å². The van der Waals surface area contributed by atoms with Gasteiger partial charge in [-0.25, -0.2) is 0 Å². The molecule has 2 amide bonds. The average Bonchev–Trinajstić information content (AvgIpc) is 3.05. The molecule has 0 radical (unpaired) electrons. The van der Waals surface area contributed by atoms with Crippen molar-refractivity contribution in [2.45, 2.75) is 19.1 Å². The minimum absolute atomic E-state index is 0.0417. The van der Waals surface area contributed by atoms with Gasteiger partial charge in [-0.3, -0.25) is 14.4 Å². The van der Waals surface area contributed by atoms with E-state index in [4.69, 9.17) is 9.47 Å². The van der Waals surface area contributed by atoms with Crippen molar-refractivity contribution < 1.29 is 23.9 Å². The Balaban J connectivity index is 1.67. The van der Waals surface area contributed by atoms with E-state index in [-0.39, 0.29) is 36.1 Å². The number of nitrogens with one attached hydrogen (secondary N) is 1. The van der Waals surface area contributed by atoms with Gasteiger partial charge in [0.15, 0.2) is 17.3 Å². The molecule has 4 rings (SSSR count). The topological polar surface area (TPSA) is 84.9 Å². The van der Waals surface area contributed by atoms with Crippen molar-refractivity contribution in [3.05, 3.63) is 53.6 Å². The van der Waals surface area contributed by atoms with E-state index in [1.807, 2.05) is 30.3 Å². The lowest BCUT2D eigenvalue weighted by atomic mass is 10.1. The summed E-state index contributed by atoms with van der Waals surface area (Å²) in [5, 5.41) is 2.75. The molecule has 1 atom stereocenters. The van der Waals surface area contributed by atoms with Crippen molar-refractivity contribution in [2.24, 2.45) is 0 Å². The summed E-state index contributed by atoms with van der Waals surface area (Å²) in [4.78, 5) is 38.3. The number of amides is 2. The highest BCUT2D eigenvalue weighted by molar-refractivity contribution is 6.13. The second-order valence-corrected chi connectivity index (χ2v) is 6.50. The third kappa shape index (κ3) is 3.12. The smallest absolute Gasteiger partial charge is 0.257 e. The summed E-state index contributed by atoms with van der Waals surface area (Å²) in [6.07, 6.45) is 0.0417. The first-order valence-electron chi connectivity index (χ1n) is 8.59. The van der Waals surface area contributed by atoms with Crippen molar-refractivity contribution in [1.82, 2.24) is 4.90 Å². The molecule has 2 aliphatic rings. The van der Waals surface area contributed by atoms with Crippen molar-refractivity contribution in [3.8, 4) is 11.5 Å². The Morgan fingerprint density at radius 1 is 1.11 bits per heavy atom. The van der Waals surface area contributed by atoms with Crippen LogP contribution in [0.2, 0.25) is 0 Å². The van der Waals surface area contributed by atoms with Gasteiger partial charge in [0.05, 0.1) is 24.9 Å². The van der Waals surface area contributed by atoms with Gasteiger partial charge in [-0.15, -0.1) is 0 Å². The van der Waals surface area contributed by atoms with Crippen LogP contribution in [0.4, 0.5) is 5.69 Å². The lowest BCUT2D eigenvalue weighted by Crippen LogP contribution is -2.40. The zero-order valence-electron chi connectivity index (χ0n) is 14.7. The normalized spacial score (nSPS) is 18.5.